The summed E-state index contributed by atoms with van der Waals surface area (Å²) in [4.78, 5) is 22.5. The molecular weight excluding hydrogens is 332 g/mol. The maximum Gasteiger partial charge on any atom is 0.338 e. The molecule has 1 fully saturated rings. The molecule has 3 rings (SSSR count). The van der Waals surface area contributed by atoms with Gasteiger partial charge in [0.2, 0.25) is 5.95 Å². The van der Waals surface area contributed by atoms with E-state index in [-0.39, 0.29) is 18.1 Å². The van der Waals surface area contributed by atoms with Crippen LogP contribution in [-0.2, 0) is 9.47 Å². The van der Waals surface area contributed by atoms with Gasteiger partial charge in [-0.3, -0.25) is 0 Å². The molecule has 0 spiro atoms. The van der Waals surface area contributed by atoms with Crippen LogP contribution >= 0.6 is 0 Å². The Bertz CT molecular complexity index is 726. The minimum Gasteiger partial charge on any atom is -0.462 e. The first-order valence-electron chi connectivity index (χ1n) is 8.80. The second-order valence-corrected chi connectivity index (χ2v) is 6.09. The van der Waals surface area contributed by atoms with Crippen LogP contribution in [0.2, 0.25) is 0 Å². The van der Waals surface area contributed by atoms with Crippen LogP contribution in [0.1, 0.15) is 23.7 Å². The lowest BCUT2D eigenvalue weighted by atomic mass is 10.1. The van der Waals surface area contributed by atoms with Crippen LogP contribution in [0.4, 0.5) is 11.6 Å². The third-order valence-corrected chi connectivity index (χ3v) is 4.47. The van der Waals surface area contributed by atoms with Crippen LogP contribution in [0, 0.1) is 5.92 Å². The molecule has 1 aromatic carbocycles. The molecule has 1 aliphatic heterocycles. The quantitative estimate of drug-likeness (QED) is 0.764. The molecule has 0 unspecified atom stereocenters. The van der Waals surface area contributed by atoms with E-state index >= 15 is 0 Å². The highest BCUT2D eigenvalue weighted by molar-refractivity contribution is 5.90. The largest absolute Gasteiger partial charge is 0.462 e. The maximum atomic E-state index is 12.0. The van der Waals surface area contributed by atoms with Crippen molar-refractivity contribution in [3.05, 3.63) is 48.3 Å². The number of ether oxygens (including phenoxy) is 2. The Morgan fingerprint density at radius 1 is 1.31 bits per heavy atom. The smallest absolute Gasteiger partial charge is 0.338 e. The van der Waals surface area contributed by atoms with E-state index in [0.717, 1.165) is 25.2 Å². The molecule has 0 amide bonds. The minimum atomic E-state index is -0.304. The van der Waals surface area contributed by atoms with E-state index < -0.39 is 0 Å². The van der Waals surface area contributed by atoms with Crippen LogP contribution in [0.5, 0.6) is 0 Å². The highest BCUT2D eigenvalue weighted by atomic mass is 16.5. The number of aromatic nitrogens is 2. The van der Waals surface area contributed by atoms with Crippen LogP contribution < -0.4 is 10.2 Å². The molecule has 1 saturated heterocycles. The summed E-state index contributed by atoms with van der Waals surface area (Å²) in [6.07, 6.45) is 4.32. The SMILES string of the molecule is CCOC(=O)c1cccc(N2CC[C@@H](CNc3ncccn3)[C@@H]2OC)c1. The van der Waals surface area contributed by atoms with Crippen molar-refractivity contribution in [1.29, 1.82) is 0 Å². The summed E-state index contributed by atoms with van der Waals surface area (Å²) in [5, 5.41) is 3.27. The lowest BCUT2D eigenvalue weighted by Crippen LogP contribution is -2.36. The molecule has 7 heteroatoms. The van der Waals surface area contributed by atoms with Gasteiger partial charge in [-0.05, 0) is 37.6 Å². The predicted octanol–water partition coefficient (Wildman–Crippen LogP) is 2.56. The Labute approximate surface area is 153 Å². The van der Waals surface area contributed by atoms with E-state index in [9.17, 15) is 4.79 Å². The molecule has 1 aromatic heterocycles. The van der Waals surface area contributed by atoms with Gasteiger partial charge in [-0.2, -0.15) is 0 Å². The zero-order chi connectivity index (χ0) is 18.4. The summed E-state index contributed by atoms with van der Waals surface area (Å²) >= 11 is 0. The van der Waals surface area contributed by atoms with Gasteiger partial charge in [-0.1, -0.05) is 6.07 Å². The van der Waals surface area contributed by atoms with Crippen molar-refractivity contribution in [3.63, 3.8) is 0 Å². The Morgan fingerprint density at radius 2 is 2.12 bits per heavy atom. The molecule has 2 heterocycles. The molecule has 2 atom stereocenters. The summed E-state index contributed by atoms with van der Waals surface area (Å²) < 4.78 is 10.9. The van der Waals surface area contributed by atoms with Crippen molar-refractivity contribution >= 4 is 17.6 Å². The molecule has 1 N–H and O–H groups in total. The second-order valence-electron chi connectivity index (χ2n) is 6.09. The lowest BCUT2D eigenvalue weighted by Gasteiger charge is -2.29. The molecule has 2 aromatic rings. The van der Waals surface area contributed by atoms with Crippen LogP contribution in [-0.4, -0.2) is 49.0 Å². The highest BCUT2D eigenvalue weighted by Crippen LogP contribution is 2.31. The number of carbonyl (C=O) groups excluding carboxylic acids is 1. The summed E-state index contributed by atoms with van der Waals surface area (Å²) in [7, 11) is 1.71. The van der Waals surface area contributed by atoms with Gasteiger partial charge < -0.3 is 19.7 Å². The average molecular weight is 356 g/mol. The monoisotopic (exact) mass is 356 g/mol. The van der Waals surface area contributed by atoms with Gasteiger partial charge in [0.25, 0.3) is 0 Å². The Balaban J connectivity index is 1.69. The van der Waals surface area contributed by atoms with Gasteiger partial charge in [0.1, 0.15) is 6.23 Å². The highest BCUT2D eigenvalue weighted by Gasteiger charge is 2.34. The van der Waals surface area contributed by atoms with Crippen LogP contribution in [0.3, 0.4) is 0 Å². The standard InChI is InChI=1S/C19H24N4O3/c1-3-26-18(24)14-6-4-7-16(12-14)23-11-8-15(17(23)25-2)13-22-19-20-9-5-10-21-19/h4-7,9-10,12,15,17H,3,8,11,13H2,1-2H3,(H,20,21,22)/t15-,17-/m0/s1. The fourth-order valence-corrected chi connectivity index (χ4v) is 3.27. The van der Waals surface area contributed by atoms with Gasteiger partial charge >= 0.3 is 5.97 Å². The summed E-state index contributed by atoms with van der Waals surface area (Å²) in [6.45, 7) is 3.74. The van der Waals surface area contributed by atoms with E-state index in [0.29, 0.717) is 18.1 Å². The van der Waals surface area contributed by atoms with Gasteiger partial charge in [0, 0.05) is 44.2 Å². The predicted molar refractivity (Wildman–Crippen MR) is 99.2 cm³/mol. The van der Waals surface area contributed by atoms with Crippen LogP contribution in [0.25, 0.3) is 0 Å². The number of esters is 1. The lowest BCUT2D eigenvalue weighted by molar-refractivity contribution is 0.0526. The van der Waals surface area contributed by atoms with E-state index in [2.05, 4.69) is 20.2 Å². The number of methoxy groups -OCH3 is 1. The fraction of sp³-hybridized carbons (Fsp3) is 0.421. The van der Waals surface area contributed by atoms with Gasteiger partial charge in [-0.25, -0.2) is 14.8 Å². The third kappa shape index (κ3) is 4.11. The number of hydrogen-bond acceptors (Lipinski definition) is 7. The molecule has 0 radical (unpaired) electrons. The molecule has 7 nitrogen and oxygen atoms in total. The normalized spacial score (nSPS) is 19.4. The van der Waals surface area contributed by atoms with Crippen molar-refractivity contribution in [2.45, 2.75) is 19.6 Å². The number of benzene rings is 1. The number of hydrogen-bond donors (Lipinski definition) is 1. The zero-order valence-corrected chi connectivity index (χ0v) is 15.1. The second kappa shape index (κ2) is 8.62. The Kier molecular flexibility index (Phi) is 6.01. The van der Waals surface area contributed by atoms with Crippen molar-refractivity contribution < 1.29 is 14.3 Å². The maximum absolute atomic E-state index is 12.0. The number of carbonyl (C=O) groups is 1. The third-order valence-electron chi connectivity index (χ3n) is 4.47. The van der Waals surface area contributed by atoms with E-state index in [4.69, 9.17) is 9.47 Å². The molecule has 0 bridgehead atoms. The first kappa shape index (κ1) is 18.1. The van der Waals surface area contributed by atoms with E-state index in [1.165, 1.54) is 0 Å². The number of anilines is 2. The first-order chi connectivity index (χ1) is 12.7. The van der Waals surface area contributed by atoms with Crippen molar-refractivity contribution in [2.75, 3.05) is 37.0 Å². The van der Waals surface area contributed by atoms with Gasteiger partial charge in [-0.15, -0.1) is 0 Å². The molecule has 1 aliphatic rings. The van der Waals surface area contributed by atoms with Crippen molar-refractivity contribution in [3.8, 4) is 0 Å². The van der Waals surface area contributed by atoms with E-state index in [1.54, 1.807) is 38.6 Å². The molecule has 138 valence electrons. The number of nitrogens with one attached hydrogen (secondary N) is 1. The van der Waals surface area contributed by atoms with Crippen molar-refractivity contribution in [1.82, 2.24) is 9.97 Å². The van der Waals surface area contributed by atoms with Crippen LogP contribution in [0.15, 0.2) is 42.7 Å². The Hall–Kier alpha value is -2.67. The molecule has 0 saturated carbocycles. The van der Waals surface area contributed by atoms with E-state index in [1.807, 2.05) is 18.2 Å². The number of rotatable bonds is 7. The molecule has 0 aliphatic carbocycles. The number of nitrogens with zero attached hydrogens (tertiary/aromatic N) is 3. The summed E-state index contributed by atoms with van der Waals surface area (Å²) in [5.74, 6) is 0.599. The summed E-state index contributed by atoms with van der Waals surface area (Å²) in [6, 6.07) is 9.28. The molecule has 26 heavy (non-hydrogen) atoms. The Morgan fingerprint density at radius 3 is 2.85 bits per heavy atom. The minimum absolute atomic E-state index is 0.0799. The van der Waals surface area contributed by atoms with Gasteiger partial charge in [0.05, 0.1) is 12.2 Å². The fourth-order valence-electron chi connectivity index (χ4n) is 3.27. The zero-order valence-electron chi connectivity index (χ0n) is 15.1. The van der Waals surface area contributed by atoms with Crippen molar-refractivity contribution in [2.24, 2.45) is 5.92 Å². The molecular formula is C19H24N4O3. The average Bonchev–Trinajstić information content (AvgIpc) is 3.10. The topological polar surface area (TPSA) is 76.6 Å². The summed E-state index contributed by atoms with van der Waals surface area (Å²) in [5.41, 5.74) is 1.51. The van der Waals surface area contributed by atoms with Gasteiger partial charge in [0.15, 0.2) is 0 Å². The first-order valence-corrected chi connectivity index (χ1v) is 8.80.